The third-order valence-corrected chi connectivity index (χ3v) is 4.41. The lowest BCUT2D eigenvalue weighted by molar-refractivity contribution is 0.433. The molecule has 0 bridgehead atoms. The average Bonchev–Trinajstić information content (AvgIpc) is 3.21. The van der Waals surface area contributed by atoms with Crippen molar-refractivity contribution in [3.8, 4) is 34.0 Å². The summed E-state index contributed by atoms with van der Waals surface area (Å²) in [6.07, 6.45) is 5.02. The van der Waals surface area contributed by atoms with Crippen molar-refractivity contribution in [2.45, 2.75) is 6.54 Å². The summed E-state index contributed by atoms with van der Waals surface area (Å²) in [6.45, 7) is 0.817. The van der Waals surface area contributed by atoms with Gasteiger partial charge in [0.1, 0.15) is 11.4 Å². The number of rotatable bonds is 5. The predicted octanol–water partition coefficient (Wildman–Crippen LogP) is 2.88. The van der Waals surface area contributed by atoms with Gasteiger partial charge >= 0.3 is 0 Å². The van der Waals surface area contributed by atoms with Crippen molar-refractivity contribution in [3.05, 3.63) is 77.0 Å². The van der Waals surface area contributed by atoms with Crippen LogP contribution in [0.3, 0.4) is 0 Å². The van der Waals surface area contributed by atoms with Crippen molar-refractivity contribution in [2.75, 3.05) is 7.05 Å². The Balaban J connectivity index is 1.63. The maximum atomic E-state index is 11.6. The van der Waals surface area contributed by atoms with Crippen LogP contribution < -0.4 is 10.9 Å². The standard InChI is InChI=1S/C21H19N5O2/c1-22-10-14-3-5-15(6-4-14)17-9-20(28-25-17)19-12-23-11-18(24-19)16-7-8-21(27)26(2)13-16/h3-9,11-13,22H,10H2,1-2H3. The summed E-state index contributed by atoms with van der Waals surface area (Å²) in [6, 6.07) is 13.2. The molecule has 0 fully saturated rings. The molecule has 3 heterocycles. The molecule has 28 heavy (non-hydrogen) atoms. The minimum absolute atomic E-state index is 0.0755. The van der Waals surface area contributed by atoms with Crippen molar-refractivity contribution in [3.63, 3.8) is 0 Å². The van der Waals surface area contributed by atoms with Crippen LogP contribution in [0.5, 0.6) is 0 Å². The first kappa shape index (κ1) is 17.8. The molecular weight excluding hydrogens is 354 g/mol. The quantitative estimate of drug-likeness (QED) is 0.579. The minimum atomic E-state index is -0.0755. The van der Waals surface area contributed by atoms with Gasteiger partial charge in [0, 0.05) is 43.0 Å². The van der Waals surface area contributed by atoms with Crippen molar-refractivity contribution in [2.24, 2.45) is 7.05 Å². The van der Waals surface area contributed by atoms with Crippen LogP contribution in [0.15, 0.2) is 70.4 Å². The summed E-state index contributed by atoms with van der Waals surface area (Å²) in [5.74, 6) is 0.536. The molecule has 0 spiro atoms. The van der Waals surface area contributed by atoms with E-state index < -0.39 is 0 Å². The van der Waals surface area contributed by atoms with Crippen LogP contribution in [0.2, 0.25) is 0 Å². The number of aryl methyl sites for hydroxylation is 1. The summed E-state index contributed by atoms with van der Waals surface area (Å²) in [5.41, 5.74) is 4.87. The van der Waals surface area contributed by atoms with Crippen molar-refractivity contribution in [1.82, 2.24) is 25.0 Å². The molecule has 0 atom stereocenters. The maximum absolute atomic E-state index is 11.6. The van der Waals surface area contributed by atoms with E-state index >= 15 is 0 Å². The van der Waals surface area contributed by atoms with Crippen LogP contribution in [0.1, 0.15) is 5.56 Å². The number of aromatic nitrogens is 4. The summed E-state index contributed by atoms with van der Waals surface area (Å²) < 4.78 is 7.00. The summed E-state index contributed by atoms with van der Waals surface area (Å²) >= 11 is 0. The van der Waals surface area contributed by atoms with E-state index in [1.54, 1.807) is 31.7 Å². The molecule has 0 aliphatic heterocycles. The molecule has 7 heteroatoms. The van der Waals surface area contributed by atoms with Gasteiger partial charge in [-0.2, -0.15) is 0 Å². The van der Waals surface area contributed by atoms with Crippen molar-refractivity contribution < 1.29 is 4.52 Å². The number of pyridine rings is 1. The zero-order valence-corrected chi connectivity index (χ0v) is 15.6. The Hall–Kier alpha value is -3.58. The number of hydrogen-bond donors (Lipinski definition) is 1. The van der Waals surface area contributed by atoms with Gasteiger partial charge in [-0.1, -0.05) is 29.4 Å². The van der Waals surface area contributed by atoms with Crippen LogP contribution in [0.4, 0.5) is 0 Å². The number of nitrogens with one attached hydrogen (secondary N) is 1. The molecule has 3 aromatic heterocycles. The summed E-state index contributed by atoms with van der Waals surface area (Å²) in [5, 5.41) is 7.29. The summed E-state index contributed by atoms with van der Waals surface area (Å²) in [4.78, 5) is 20.5. The van der Waals surface area contributed by atoms with Crippen molar-refractivity contribution >= 4 is 0 Å². The number of benzene rings is 1. The van der Waals surface area contributed by atoms with E-state index in [9.17, 15) is 4.79 Å². The van der Waals surface area contributed by atoms with Crippen molar-refractivity contribution in [1.29, 1.82) is 0 Å². The van der Waals surface area contributed by atoms with Gasteiger partial charge in [0.25, 0.3) is 0 Å². The Kier molecular flexibility index (Phi) is 4.82. The second-order valence-electron chi connectivity index (χ2n) is 6.46. The monoisotopic (exact) mass is 373 g/mol. The zero-order valence-electron chi connectivity index (χ0n) is 15.6. The normalized spacial score (nSPS) is 10.9. The molecule has 140 valence electrons. The zero-order chi connectivity index (χ0) is 19.5. The van der Waals surface area contributed by atoms with Gasteiger partial charge in [-0.25, -0.2) is 4.98 Å². The van der Waals surface area contributed by atoms with Crippen LogP contribution in [-0.2, 0) is 13.6 Å². The molecule has 0 amide bonds. The van der Waals surface area contributed by atoms with Gasteiger partial charge in [-0.15, -0.1) is 0 Å². The lowest BCUT2D eigenvalue weighted by atomic mass is 10.1. The molecule has 0 saturated heterocycles. The third-order valence-electron chi connectivity index (χ3n) is 4.41. The van der Waals surface area contributed by atoms with Crippen LogP contribution in [-0.4, -0.2) is 26.7 Å². The SMILES string of the molecule is CNCc1ccc(-c2cc(-c3cncc(-c4ccc(=O)n(C)c4)n3)on2)cc1. The third kappa shape index (κ3) is 3.60. The van der Waals surface area contributed by atoms with Gasteiger partial charge in [0.2, 0.25) is 5.56 Å². The topological polar surface area (TPSA) is 85.8 Å². The maximum Gasteiger partial charge on any atom is 0.250 e. The molecule has 0 aliphatic carbocycles. The molecule has 0 aliphatic rings. The summed E-state index contributed by atoms with van der Waals surface area (Å²) in [7, 11) is 3.62. The Bertz CT molecular complexity index is 1160. The van der Waals surface area contributed by atoms with Gasteiger partial charge in [-0.3, -0.25) is 9.78 Å². The molecule has 0 radical (unpaired) electrons. The highest BCUT2D eigenvalue weighted by Gasteiger charge is 2.12. The number of hydrogen-bond acceptors (Lipinski definition) is 6. The van der Waals surface area contributed by atoms with Crippen LogP contribution in [0.25, 0.3) is 34.0 Å². The van der Waals surface area contributed by atoms with Gasteiger partial charge in [-0.05, 0) is 18.7 Å². The minimum Gasteiger partial charge on any atom is -0.354 e. The number of nitrogens with zero attached hydrogens (tertiary/aromatic N) is 4. The highest BCUT2D eigenvalue weighted by molar-refractivity contribution is 5.66. The Morgan fingerprint density at radius 3 is 2.50 bits per heavy atom. The molecule has 1 aromatic carbocycles. The molecule has 0 saturated carbocycles. The molecule has 0 unspecified atom stereocenters. The lowest BCUT2D eigenvalue weighted by Crippen LogP contribution is -2.14. The van der Waals surface area contributed by atoms with Gasteiger partial charge in [0.15, 0.2) is 5.76 Å². The van der Waals surface area contributed by atoms with E-state index in [-0.39, 0.29) is 5.56 Å². The smallest absolute Gasteiger partial charge is 0.250 e. The van der Waals surface area contributed by atoms with E-state index in [2.05, 4.69) is 32.6 Å². The van der Waals surface area contributed by atoms with Gasteiger partial charge < -0.3 is 14.4 Å². The highest BCUT2D eigenvalue weighted by atomic mass is 16.5. The molecule has 4 aromatic rings. The fourth-order valence-electron chi connectivity index (χ4n) is 2.90. The van der Waals surface area contributed by atoms with E-state index in [4.69, 9.17) is 4.52 Å². The fraction of sp³-hybridized carbons (Fsp3) is 0.143. The molecule has 7 nitrogen and oxygen atoms in total. The van der Waals surface area contributed by atoms with E-state index in [1.165, 1.54) is 16.2 Å². The second-order valence-corrected chi connectivity index (χ2v) is 6.46. The Morgan fingerprint density at radius 2 is 1.75 bits per heavy atom. The Labute approximate surface area is 161 Å². The molecule has 4 rings (SSSR count). The first-order valence-corrected chi connectivity index (χ1v) is 8.84. The highest BCUT2D eigenvalue weighted by Crippen LogP contribution is 2.26. The van der Waals surface area contributed by atoms with Gasteiger partial charge in [0.05, 0.1) is 18.1 Å². The first-order chi connectivity index (χ1) is 13.6. The molecular formula is C21H19N5O2. The second kappa shape index (κ2) is 7.58. The fourth-order valence-corrected chi connectivity index (χ4v) is 2.90. The average molecular weight is 373 g/mol. The molecule has 1 N–H and O–H groups in total. The van der Waals surface area contributed by atoms with E-state index in [0.717, 1.165) is 23.4 Å². The van der Waals surface area contributed by atoms with E-state index in [1.807, 2.05) is 25.2 Å². The largest absolute Gasteiger partial charge is 0.354 e. The predicted molar refractivity (Wildman–Crippen MR) is 106 cm³/mol. The first-order valence-electron chi connectivity index (χ1n) is 8.84. The Morgan fingerprint density at radius 1 is 1.00 bits per heavy atom. The lowest BCUT2D eigenvalue weighted by Gasteiger charge is -2.04. The van der Waals surface area contributed by atoms with E-state index in [0.29, 0.717) is 17.1 Å². The van der Waals surface area contributed by atoms with Crippen LogP contribution >= 0.6 is 0 Å². The van der Waals surface area contributed by atoms with Crippen LogP contribution in [0, 0.1) is 0 Å².